The van der Waals surface area contributed by atoms with Gasteiger partial charge >= 0.3 is 0 Å². The summed E-state index contributed by atoms with van der Waals surface area (Å²) in [7, 11) is 5.80. The molecule has 0 aliphatic rings. The van der Waals surface area contributed by atoms with Crippen molar-refractivity contribution in [1.29, 1.82) is 0 Å². The Morgan fingerprint density at radius 3 is 2.67 bits per heavy atom. The summed E-state index contributed by atoms with van der Waals surface area (Å²) in [4.78, 5) is 10.0. The lowest BCUT2D eigenvalue weighted by Crippen LogP contribution is -2.26. The van der Waals surface area contributed by atoms with E-state index in [2.05, 4.69) is 47.4 Å². The number of aromatic nitrogens is 3. The molecule has 0 aliphatic carbocycles. The molecule has 2 aromatic heterocycles. The van der Waals surface area contributed by atoms with E-state index in [-0.39, 0.29) is 0 Å². The summed E-state index contributed by atoms with van der Waals surface area (Å²) in [6.45, 7) is 5.39. The van der Waals surface area contributed by atoms with Crippen LogP contribution >= 0.6 is 12.2 Å². The number of nitrogens with zero attached hydrogens (tertiary/aromatic N) is 3. The number of rotatable bonds is 6. The van der Waals surface area contributed by atoms with Crippen LogP contribution < -0.4 is 4.74 Å². The number of H-pyrrole nitrogens is 1. The second-order valence-electron chi connectivity index (χ2n) is 6.07. The number of methoxy groups -OCH3 is 1. The summed E-state index contributed by atoms with van der Waals surface area (Å²) < 4.78 is 8.10. The van der Waals surface area contributed by atoms with Crippen LogP contribution in [0.1, 0.15) is 26.3 Å². The zero-order valence-electron chi connectivity index (χ0n) is 13.4. The van der Waals surface area contributed by atoms with Gasteiger partial charge in [-0.3, -0.25) is 4.57 Å². The minimum absolute atomic E-state index is 0.292. The average molecular weight is 308 g/mol. The lowest BCUT2D eigenvalue weighted by Gasteiger charge is -2.24. The predicted octanol–water partition coefficient (Wildman–Crippen LogP) is 3.25. The van der Waals surface area contributed by atoms with Crippen LogP contribution in [0, 0.1) is 10.7 Å². The Kier molecular flexibility index (Phi) is 5.00. The molecule has 1 unspecified atom stereocenters. The molecular formula is C15H24N4OS. The zero-order chi connectivity index (χ0) is 15.6. The van der Waals surface area contributed by atoms with Crippen molar-refractivity contribution in [2.75, 3.05) is 27.7 Å². The number of hydrogen-bond acceptors (Lipinski definition) is 4. The molecule has 0 aromatic carbocycles. The van der Waals surface area contributed by atoms with E-state index in [0.29, 0.717) is 17.8 Å². The molecule has 6 heteroatoms. The lowest BCUT2D eigenvalue weighted by molar-refractivity contribution is 0.290. The molecule has 0 amide bonds. The van der Waals surface area contributed by atoms with Gasteiger partial charge in [0.2, 0.25) is 5.88 Å². The van der Waals surface area contributed by atoms with Gasteiger partial charge in [-0.2, -0.15) is 4.98 Å². The van der Waals surface area contributed by atoms with Gasteiger partial charge in [-0.05, 0) is 44.7 Å². The Labute approximate surface area is 130 Å². The first-order valence-electron chi connectivity index (χ1n) is 7.22. The molecule has 0 fully saturated rings. The van der Waals surface area contributed by atoms with E-state index in [1.807, 2.05) is 12.1 Å². The van der Waals surface area contributed by atoms with Crippen molar-refractivity contribution in [2.24, 2.45) is 5.92 Å². The number of likely N-dealkylation sites (N-methyl/N-ethyl adjacent to an activating group) is 1. The standard InChI is InChI=1S/C15H24N4OS/c1-10(2)8-11(9-18(3)4)19-14-12(16-15(19)21)6-7-13(17-14)20-5/h6-7,10-11H,8-9H2,1-5H3,(H,16,21). The van der Waals surface area contributed by atoms with Crippen LogP contribution in [0.2, 0.25) is 0 Å². The normalized spacial score (nSPS) is 13.3. The third-order valence-electron chi connectivity index (χ3n) is 3.43. The molecule has 1 N–H and O–H groups in total. The van der Waals surface area contributed by atoms with Gasteiger partial charge in [0.1, 0.15) is 0 Å². The van der Waals surface area contributed by atoms with Gasteiger partial charge in [0, 0.05) is 12.6 Å². The van der Waals surface area contributed by atoms with Gasteiger partial charge in [-0.1, -0.05) is 13.8 Å². The monoisotopic (exact) mass is 308 g/mol. The smallest absolute Gasteiger partial charge is 0.215 e. The molecule has 0 radical (unpaired) electrons. The Bertz CT molecular complexity index is 649. The summed E-state index contributed by atoms with van der Waals surface area (Å²) in [6.07, 6.45) is 1.05. The van der Waals surface area contributed by atoms with E-state index in [1.54, 1.807) is 7.11 Å². The Balaban J connectivity index is 2.54. The summed E-state index contributed by atoms with van der Waals surface area (Å²) in [5.41, 5.74) is 1.82. The van der Waals surface area contributed by atoms with Gasteiger partial charge in [0.25, 0.3) is 0 Å². The second-order valence-corrected chi connectivity index (χ2v) is 6.46. The molecule has 21 heavy (non-hydrogen) atoms. The Morgan fingerprint density at radius 1 is 1.38 bits per heavy atom. The number of aromatic amines is 1. The first-order chi connectivity index (χ1) is 9.92. The zero-order valence-corrected chi connectivity index (χ0v) is 14.2. The van der Waals surface area contributed by atoms with E-state index in [0.717, 1.165) is 28.9 Å². The molecule has 2 rings (SSSR count). The number of pyridine rings is 1. The topological polar surface area (TPSA) is 46.1 Å². The molecule has 0 spiro atoms. The maximum absolute atomic E-state index is 5.52. The SMILES string of the molecule is COc1ccc2[nH]c(=S)n(C(CC(C)C)CN(C)C)c2n1. The molecule has 0 aliphatic heterocycles. The van der Waals surface area contributed by atoms with Crippen molar-refractivity contribution in [1.82, 2.24) is 19.4 Å². The highest BCUT2D eigenvalue weighted by molar-refractivity contribution is 7.71. The van der Waals surface area contributed by atoms with Crippen LogP contribution in [0.5, 0.6) is 5.88 Å². The average Bonchev–Trinajstić information content (AvgIpc) is 2.71. The second kappa shape index (κ2) is 6.58. The molecule has 2 heterocycles. The fourth-order valence-corrected chi connectivity index (χ4v) is 3.01. The number of ether oxygens (including phenoxy) is 1. The van der Waals surface area contributed by atoms with E-state index in [9.17, 15) is 0 Å². The third-order valence-corrected chi connectivity index (χ3v) is 3.73. The molecule has 1 atom stereocenters. The van der Waals surface area contributed by atoms with E-state index in [4.69, 9.17) is 17.0 Å². The van der Waals surface area contributed by atoms with Crippen LogP contribution in [0.25, 0.3) is 11.2 Å². The van der Waals surface area contributed by atoms with Crippen molar-refractivity contribution in [2.45, 2.75) is 26.3 Å². The van der Waals surface area contributed by atoms with Crippen LogP contribution in [-0.4, -0.2) is 47.2 Å². The highest BCUT2D eigenvalue weighted by Crippen LogP contribution is 2.25. The Morgan fingerprint density at radius 2 is 2.10 bits per heavy atom. The van der Waals surface area contributed by atoms with Gasteiger partial charge in [-0.25, -0.2) is 0 Å². The maximum Gasteiger partial charge on any atom is 0.215 e. The number of fused-ring (bicyclic) bond motifs is 1. The van der Waals surface area contributed by atoms with Crippen molar-refractivity contribution < 1.29 is 4.74 Å². The Hall–Kier alpha value is -1.40. The summed E-state index contributed by atoms with van der Waals surface area (Å²) in [6, 6.07) is 4.11. The first-order valence-corrected chi connectivity index (χ1v) is 7.63. The maximum atomic E-state index is 5.52. The molecule has 0 saturated heterocycles. The molecule has 116 valence electrons. The van der Waals surface area contributed by atoms with Gasteiger partial charge < -0.3 is 14.6 Å². The van der Waals surface area contributed by atoms with Gasteiger partial charge in [0.15, 0.2) is 10.4 Å². The largest absolute Gasteiger partial charge is 0.481 e. The van der Waals surface area contributed by atoms with Crippen LogP contribution in [0.3, 0.4) is 0 Å². The summed E-state index contributed by atoms with van der Waals surface area (Å²) in [5.74, 6) is 1.20. The van der Waals surface area contributed by atoms with Crippen LogP contribution in [0.15, 0.2) is 12.1 Å². The minimum Gasteiger partial charge on any atom is -0.481 e. The number of hydrogen-bond donors (Lipinski definition) is 1. The van der Waals surface area contributed by atoms with Crippen LogP contribution in [-0.2, 0) is 0 Å². The molecule has 0 bridgehead atoms. The molecule has 0 saturated carbocycles. The van der Waals surface area contributed by atoms with Crippen molar-refractivity contribution in [3.63, 3.8) is 0 Å². The van der Waals surface area contributed by atoms with Gasteiger partial charge in [-0.15, -0.1) is 0 Å². The van der Waals surface area contributed by atoms with Crippen molar-refractivity contribution in [3.8, 4) is 5.88 Å². The fourth-order valence-electron chi connectivity index (χ4n) is 2.66. The van der Waals surface area contributed by atoms with E-state index >= 15 is 0 Å². The third kappa shape index (κ3) is 3.63. The highest BCUT2D eigenvalue weighted by atomic mass is 32.1. The van der Waals surface area contributed by atoms with Crippen LogP contribution in [0.4, 0.5) is 0 Å². The van der Waals surface area contributed by atoms with E-state index < -0.39 is 0 Å². The number of nitrogens with one attached hydrogen (secondary N) is 1. The quantitative estimate of drug-likeness (QED) is 0.832. The number of imidazole rings is 1. The fraction of sp³-hybridized carbons (Fsp3) is 0.600. The predicted molar refractivity (Wildman–Crippen MR) is 88.5 cm³/mol. The van der Waals surface area contributed by atoms with E-state index in [1.165, 1.54) is 0 Å². The molecule has 5 nitrogen and oxygen atoms in total. The van der Waals surface area contributed by atoms with Crippen molar-refractivity contribution in [3.05, 3.63) is 16.9 Å². The first kappa shape index (κ1) is 16.0. The summed E-state index contributed by atoms with van der Waals surface area (Å²) in [5, 5.41) is 0. The van der Waals surface area contributed by atoms with Crippen molar-refractivity contribution >= 4 is 23.4 Å². The summed E-state index contributed by atoms with van der Waals surface area (Å²) >= 11 is 5.52. The highest BCUT2D eigenvalue weighted by Gasteiger charge is 2.19. The van der Waals surface area contributed by atoms with Gasteiger partial charge in [0.05, 0.1) is 18.7 Å². The molecular weight excluding hydrogens is 284 g/mol. The minimum atomic E-state index is 0.292. The lowest BCUT2D eigenvalue weighted by atomic mass is 10.0. The molecule has 2 aromatic rings.